The van der Waals surface area contributed by atoms with Gasteiger partial charge >= 0.3 is 5.97 Å². The highest BCUT2D eigenvalue weighted by atomic mass is 16.4. The van der Waals surface area contributed by atoms with Gasteiger partial charge < -0.3 is 21.7 Å². The van der Waals surface area contributed by atoms with Crippen molar-refractivity contribution >= 4 is 18.6 Å². The molecule has 0 bridgehead atoms. The van der Waals surface area contributed by atoms with Crippen LogP contribution >= 0.6 is 0 Å². The monoisotopic (exact) mass is 278 g/mol. The van der Waals surface area contributed by atoms with E-state index in [9.17, 15) is 9.59 Å². The fourth-order valence-electron chi connectivity index (χ4n) is 1.34. The third-order valence-corrected chi connectivity index (χ3v) is 2.36. The van der Waals surface area contributed by atoms with Crippen LogP contribution in [0.1, 0.15) is 12.5 Å². The van der Waals surface area contributed by atoms with Crippen molar-refractivity contribution < 1.29 is 19.5 Å². The van der Waals surface area contributed by atoms with Gasteiger partial charge in [-0.1, -0.05) is 30.3 Å². The number of carboxylic acid groups (broad SMARTS) is 1. The van der Waals surface area contributed by atoms with Crippen LogP contribution in [-0.2, 0) is 16.0 Å². The highest BCUT2D eigenvalue weighted by molar-refractivity contribution is 5.86. The number of rotatable bonds is 5. The lowest BCUT2D eigenvalue weighted by Gasteiger charge is -2.14. The normalized spacial score (nSPS) is 12.1. The summed E-state index contributed by atoms with van der Waals surface area (Å²) in [6.45, 7) is 4.06. The number of carbonyl (C=O) groups is 2. The molecule has 0 aliphatic heterocycles. The minimum Gasteiger partial charge on any atom is -0.480 e. The lowest BCUT2D eigenvalue weighted by molar-refractivity contribution is -0.141. The molecule has 7 heteroatoms. The molecule has 0 aliphatic rings. The minimum absolute atomic E-state index is 0.388. The predicted molar refractivity (Wildman–Crippen MR) is 74.1 cm³/mol. The third kappa shape index (κ3) is 7.05. The van der Waals surface area contributed by atoms with Crippen LogP contribution in [0.25, 0.3) is 5.53 Å². The number of nitrogens with zero attached hydrogens (tertiary/aromatic N) is 2. The smallest absolute Gasteiger partial charge is 0.325 e. The summed E-state index contributed by atoms with van der Waals surface area (Å²) in [7, 11) is 0. The number of carboxylic acids is 1. The molecule has 0 fully saturated rings. The fraction of sp³-hybridized carbons (Fsp3) is 0.308. The zero-order valence-electron chi connectivity index (χ0n) is 11.2. The zero-order valence-corrected chi connectivity index (χ0v) is 11.2. The Morgan fingerprint density at radius 2 is 1.95 bits per heavy atom. The van der Waals surface area contributed by atoms with E-state index in [0.717, 1.165) is 5.56 Å². The highest BCUT2D eigenvalue weighted by Crippen LogP contribution is 2.02. The van der Waals surface area contributed by atoms with Crippen molar-refractivity contribution in [1.29, 1.82) is 0 Å². The van der Waals surface area contributed by atoms with Gasteiger partial charge in [-0.05, 0) is 18.9 Å². The quantitative estimate of drug-likeness (QED) is 0.399. The Bertz CT molecular complexity index is 470. The number of hydrogen-bond acceptors (Lipinski definition) is 3. The first-order chi connectivity index (χ1) is 9.42. The standard InChI is InChI=1S/C12H16N2O3.CH2N2/c1-8(12(16)17)14-11(15)10(13)7-9-5-3-2-4-6-9;1-3-2/h2-6,8,10H,7,13H2,1H3,(H,14,15)(H,16,17);1H2/t8-,10-;/m0./s1. The van der Waals surface area contributed by atoms with Gasteiger partial charge in [-0.3, -0.25) is 9.59 Å². The van der Waals surface area contributed by atoms with Crippen molar-refractivity contribution in [3.05, 3.63) is 41.4 Å². The van der Waals surface area contributed by atoms with Crippen LogP contribution in [-0.4, -0.2) is 40.6 Å². The van der Waals surface area contributed by atoms with Crippen LogP contribution in [0.2, 0.25) is 0 Å². The molecule has 1 amide bonds. The Balaban J connectivity index is 0.00000110. The number of hydrogen-bond donors (Lipinski definition) is 3. The van der Waals surface area contributed by atoms with E-state index in [4.69, 9.17) is 16.4 Å². The van der Waals surface area contributed by atoms with E-state index in [-0.39, 0.29) is 0 Å². The fourth-order valence-corrected chi connectivity index (χ4v) is 1.34. The number of carbonyl (C=O) groups excluding carboxylic acids is 1. The van der Waals surface area contributed by atoms with Crippen molar-refractivity contribution in [2.75, 3.05) is 0 Å². The van der Waals surface area contributed by atoms with Gasteiger partial charge in [0.25, 0.3) is 0 Å². The minimum atomic E-state index is -1.08. The maximum atomic E-state index is 11.6. The third-order valence-electron chi connectivity index (χ3n) is 2.36. The van der Waals surface area contributed by atoms with E-state index in [1.165, 1.54) is 6.92 Å². The zero-order chi connectivity index (χ0) is 15.5. The van der Waals surface area contributed by atoms with Crippen molar-refractivity contribution in [2.24, 2.45) is 5.73 Å². The number of benzene rings is 1. The average molecular weight is 278 g/mol. The molecule has 1 aromatic rings. The summed E-state index contributed by atoms with van der Waals surface area (Å²) in [6.07, 6.45) is 0.388. The van der Waals surface area contributed by atoms with Crippen LogP contribution in [0.4, 0.5) is 0 Å². The molecule has 0 radical (unpaired) electrons. The first-order valence-corrected chi connectivity index (χ1v) is 5.85. The molecule has 7 nitrogen and oxygen atoms in total. The molecule has 2 atom stereocenters. The van der Waals surface area contributed by atoms with Crippen LogP contribution in [0.5, 0.6) is 0 Å². The van der Waals surface area contributed by atoms with Gasteiger partial charge in [0.2, 0.25) is 12.6 Å². The van der Waals surface area contributed by atoms with Gasteiger partial charge in [0.05, 0.1) is 6.04 Å². The lowest BCUT2D eigenvalue weighted by Crippen LogP contribution is -2.47. The first kappa shape index (κ1) is 17.5. The summed E-state index contributed by atoms with van der Waals surface area (Å²) in [6, 6.07) is 7.67. The van der Waals surface area contributed by atoms with Crippen LogP contribution in [0.15, 0.2) is 30.3 Å². The second-order valence-corrected chi connectivity index (χ2v) is 4.01. The molecular formula is C13H18N4O3. The molecule has 4 N–H and O–H groups in total. The Hall–Kier alpha value is -2.50. The van der Waals surface area contributed by atoms with Crippen molar-refractivity contribution in [3.63, 3.8) is 0 Å². The maximum Gasteiger partial charge on any atom is 0.325 e. The Kier molecular flexibility index (Phi) is 8.25. The molecule has 0 heterocycles. The number of aliphatic carboxylic acids is 1. The summed E-state index contributed by atoms with van der Waals surface area (Å²) in [5.74, 6) is -1.53. The molecule has 1 aromatic carbocycles. The van der Waals surface area contributed by atoms with Crippen LogP contribution in [0.3, 0.4) is 0 Å². The molecule has 20 heavy (non-hydrogen) atoms. The number of amides is 1. The Morgan fingerprint density at radius 1 is 1.45 bits per heavy atom. The molecule has 108 valence electrons. The summed E-state index contributed by atoms with van der Waals surface area (Å²) in [5.41, 5.74) is 13.7. The van der Waals surface area contributed by atoms with E-state index in [1.807, 2.05) is 30.3 Å². The van der Waals surface area contributed by atoms with Gasteiger partial charge in [0, 0.05) is 0 Å². The largest absolute Gasteiger partial charge is 0.480 e. The van der Waals surface area contributed by atoms with Gasteiger partial charge in [0.1, 0.15) is 6.04 Å². The molecule has 0 aliphatic carbocycles. The van der Waals surface area contributed by atoms with E-state index in [1.54, 1.807) is 0 Å². The summed E-state index contributed by atoms with van der Waals surface area (Å²) in [5, 5.41) is 11.0. The SMILES string of the molecule is C=[N+]=[N-].C[C@H](NC(=O)[C@@H](N)Cc1ccccc1)C(=O)O. The molecule has 0 spiro atoms. The summed E-state index contributed by atoms with van der Waals surface area (Å²) >= 11 is 0. The first-order valence-electron chi connectivity index (χ1n) is 5.85. The van der Waals surface area contributed by atoms with Gasteiger partial charge in [-0.25, -0.2) is 0 Å². The van der Waals surface area contributed by atoms with Gasteiger partial charge in [0.15, 0.2) is 0 Å². The van der Waals surface area contributed by atoms with Crippen molar-refractivity contribution in [3.8, 4) is 0 Å². The van der Waals surface area contributed by atoms with Crippen molar-refractivity contribution in [1.82, 2.24) is 5.32 Å². The molecule has 1 rings (SSSR count). The van der Waals surface area contributed by atoms with Crippen LogP contribution < -0.4 is 11.1 Å². The van der Waals surface area contributed by atoms with E-state index < -0.39 is 24.0 Å². The van der Waals surface area contributed by atoms with E-state index in [0.29, 0.717) is 6.42 Å². The van der Waals surface area contributed by atoms with Crippen molar-refractivity contribution in [2.45, 2.75) is 25.4 Å². The molecule has 0 unspecified atom stereocenters. The van der Waals surface area contributed by atoms with Gasteiger partial charge in [-0.15, -0.1) is 0 Å². The molecular weight excluding hydrogens is 260 g/mol. The summed E-state index contributed by atoms with van der Waals surface area (Å²) in [4.78, 5) is 24.4. The lowest BCUT2D eigenvalue weighted by atomic mass is 10.1. The maximum absolute atomic E-state index is 11.6. The second-order valence-electron chi connectivity index (χ2n) is 4.01. The molecule has 0 saturated heterocycles. The second kappa shape index (κ2) is 9.43. The molecule has 0 aromatic heterocycles. The van der Waals surface area contributed by atoms with E-state index in [2.05, 4.69) is 16.8 Å². The Labute approximate surface area is 117 Å². The van der Waals surface area contributed by atoms with Gasteiger partial charge in [-0.2, -0.15) is 4.79 Å². The van der Waals surface area contributed by atoms with E-state index >= 15 is 0 Å². The highest BCUT2D eigenvalue weighted by Gasteiger charge is 2.19. The number of nitrogens with one attached hydrogen (secondary N) is 1. The number of nitrogens with two attached hydrogens (primary N) is 1. The predicted octanol–water partition coefficient (Wildman–Crippen LogP) is 0.0625. The topological polar surface area (TPSA) is 129 Å². The summed E-state index contributed by atoms with van der Waals surface area (Å²) < 4.78 is 0. The Morgan fingerprint density at radius 3 is 2.40 bits per heavy atom. The average Bonchev–Trinajstić information content (AvgIpc) is 2.40. The van der Waals surface area contributed by atoms with Crippen LogP contribution in [0, 0.1) is 0 Å². The molecule has 0 saturated carbocycles.